The fourth-order valence-corrected chi connectivity index (χ4v) is 5.30. The molecule has 1 fully saturated rings. The highest BCUT2D eigenvalue weighted by Gasteiger charge is 2.28. The summed E-state index contributed by atoms with van der Waals surface area (Å²) in [4.78, 5) is 2.45. The van der Waals surface area contributed by atoms with E-state index in [9.17, 15) is 10.2 Å². The van der Waals surface area contributed by atoms with Gasteiger partial charge < -0.3 is 15.1 Å². The molecule has 2 aromatic carbocycles. The highest BCUT2D eigenvalue weighted by Crippen LogP contribution is 2.42. The summed E-state index contributed by atoms with van der Waals surface area (Å²) < 4.78 is 0. The normalized spacial score (nSPS) is 19.3. The number of unbranched alkanes of at least 4 members (excludes halogenated alkanes) is 1. The SMILES string of the molecule is CCCCC(CCC)c1ccc(C(CC2CCCCN2C)c2ccccc2O)c(O)c1. The smallest absolute Gasteiger partial charge is 0.119 e. The Morgan fingerprint density at radius 1 is 0.935 bits per heavy atom. The van der Waals surface area contributed by atoms with Gasteiger partial charge in [-0.15, -0.1) is 0 Å². The van der Waals surface area contributed by atoms with Gasteiger partial charge in [-0.3, -0.25) is 0 Å². The quantitative estimate of drug-likeness (QED) is 0.425. The van der Waals surface area contributed by atoms with Crippen molar-refractivity contribution in [3.8, 4) is 11.5 Å². The van der Waals surface area contributed by atoms with Gasteiger partial charge in [0.05, 0.1) is 0 Å². The van der Waals surface area contributed by atoms with Crippen molar-refractivity contribution in [1.29, 1.82) is 0 Å². The van der Waals surface area contributed by atoms with Gasteiger partial charge in [0.1, 0.15) is 11.5 Å². The van der Waals surface area contributed by atoms with Crippen LogP contribution in [0.2, 0.25) is 0 Å². The van der Waals surface area contributed by atoms with E-state index in [0.717, 1.165) is 36.9 Å². The van der Waals surface area contributed by atoms with Crippen LogP contribution in [0.15, 0.2) is 42.5 Å². The van der Waals surface area contributed by atoms with E-state index >= 15 is 0 Å². The van der Waals surface area contributed by atoms with Gasteiger partial charge in [-0.2, -0.15) is 0 Å². The van der Waals surface area contributed by atoms with E-state index in [1.54, 1.807) is 6.07 Å². The van der Waals surface area contributed by atoms with Crippen molar-refractivity contribution in [2.24, 2.45) is 0 Å². The minimum Gasteiger partial charge on any atom is -0.508 e. The van der Waals surface area contributed by atoms with Crippen LogP contribution in [0.1, 0.15) is 100 Å². The Bertz CT molecular complexity index is 818. The molecule has 3 heteroatoms. The maximum absolute atomic E-state index is 11.2. The Morgan fingerprint density at radius 2 is 1.71 bits per heavy atom. The predicted octanol–water partition coefficient (Wildman–Crippen LogP) is 7.18. The van der Waals surface area contributed by atoms with Crippen molar-refractivity contribution in [3.63, 3.8) is 0 Å². The molecule has 1 saturated heterocycles. The summed E-state index contributed by atoms with van der Waals surface area (Å²) in [5.41, 5.74) is 3.11. The predicted molar refractivity (Wildman–Crippen MR) is 130 cm³/mol. The van der Waals surface area contributed by atoms with E-state index in [1.165, 1.54) is 44.1 Å². The number of para-hydroxylation sites is 1. The number of hydrogen-bond donors (Lipinski definition) is 2. The molecule has 170 valence electrons. The zero-order valence-corrected chi connectivity index (χ0v) is 19.7. The molecule has 1 aliphatic rings. The number of likely N-dealkylation sites (tertiary alicyclic amines) is 1. The van der Waals surface area contributed by atoms with Crippen molar-refractivity contribution >= 4 is 0 Å². The molecule has 3 rings (SSSR count). The van der Waals surface area contributed by atoms with E-state index in [1.807, 2.05) is 24.3 Å². The van der Waals surface area contributed by atoms with E-state index in [2.05, 4.69) is 37.9 Å². The summed E-state index contributed by atoms with van der Waals surface area (Å²) in [5.74, 6) is 1.20. The van der Waals surface area contributed by atoms with Crippen LogP contribution >= 0.6 is 0 Å². The first-order valence-electron chi connectivity index (χ1n) is 12.4. The minimum atomic E-state index is -0.0129. The van der Waals surface area contributed by atoms with Gasteiger partial charge in [-0.25, -0.2) is 0 Å². The van der Waals surface area contributed by atoms with Crippen LogP contribution in [-0.2, 0) is 0 Å². The van der Waals surface area contributed by atoms with Gasteiger partial charge in [0.2, 0.25) is 0 Å². The molecule has 0 radical (unpaired) electrons. The number of aromatic hydroxyl groups is 2. The van der Waals surface area contributed by atoms with Crippen LogP contribution in [0, 0.1) is 0 Å². The maximum Gasteiger partial charge on any atom is 0.119 e. The molecule has 3 unspecified atom stereocenters. The third-order valence-electron chi connectivity index (χ3n) is 7.19. The topological polar surface area (TPSA) is 43.7 Å². The Hall–Kier alpha value is -2.00. The van der Waals surface area contributed by atoms with E-state index in [4.69, 9.17) is 0 Å². The molecule has 0 bridgehead atoms. The highest BCUT2D eigenvalue weighted by atomic mass is 16.3. The third-order valence-corrected chi connectivity index (χ3v) is 7.19. The van der Waals surface area contributed by atoms with Crippen LogP contribution in [-0.4, -0.2) is 34.7 Å². The van der Waals surface area contributed by atoms with Gasteiger partial charge in [0.15, 0.2) is 0 Å². The molecular formula is C28H41NO2. The monoisotopic (exact) mass is 423 g/mol. The first kappa shape index (κ1) is 23.7. The molecule has 3 atom stereocenters. The average molecular weight is 424 g/mol. The molecule has 0 aromatic heterocycles. The van der Waals surface area contributed by atoms with Crippen molar-refractivity contribution in [2.45, 2.75) is 89.5 Å². The van der Waals surface area contributed by atoms with Gasteiger partial charge >= 0.3 is 0 Å². The molecular weight excluding hydrogens is 382 g/mol. The molecule has 2 aromatic rings. The number of benzene rings is 2. The fraction of sp³-hybridized carbons (Fsp3) is 0.571. The largest absolute Gasteiger partial charge is 0.508 e. The Morgan fingerprint density at radius 3 is 2.39 bits per heavy atom. The Balaban J connectivity index is 1.93. The number of piperidine rings is 1. The summed E-state index contributed by atoms with van der Waals surface area (Å²) in [6, 6.07) is 14.5. The van der Waals surface area contributed by atoms with Gasteiger partial charge in [-0.1, -0.05) is 69.9 Å². The zero-order valence-electron chi connectivity index (χ0n) is 19.7. The first-order valence-corrected chi connectivity index (χ1v) is 12.4. The second-order valence-corrected chi connectivity index (χ2v) is 9.42. The first-order chi connectivity index (χ1) is 15.0. The lowest BCUT2D eigenvalue weighted by molar-refractivity contribution is 0.171. The number of rotatable bonds is 10. The van der Waals surface area contributed by atoms with Crippen molar-refractivity contribution in [2.75, 3.05) is 13.6 Å². The zero-order chi connectivity index (χ0) is 22.2. The summed E-state index contributed by atoms with van der Waals surface area (Å²) in [5, 5.41) is 21.8. The molecule has 0 saturated carbocycles. The molecule has 0 amide bonds. The van der Waals surface area contributed by atoms with E-state index < -0.39 is 0 Å². The fourth-order valence-electron chi connectivity index (χ4n) is 5.30. The van der Waals surface area contributed by atoms with E-state index in [0.29, 0.717) is 23.5 Å². The molecule has 2 N–H and O–H groups in total. The summed E-state index contributed by atoms with van der Waals surface area (Å²) in [7, 11) is 2.21. The Labute approximate surface area is 189 Å². The van der Waals surface area contributed by atoms with Crippen LogP contribution in [0.25, 0.3) is 0 Å². The summed E-state index contributed by atoms with van der Waals surface area (Å²) in [6.45, 7) is 5.60. The number of phenols is 2. The lowest BCUT2D eigenvalue weighted by Gasteiger charge is -2.35. The standard InChI is InChI=1S/C28H41NO2/c1-4-6-12-21(11-5-2)22-16-17-25(28(31)19-22)26(24-14-7-8-15-27(24)30)20-23-13-9-10-18-29(23)3/h7-8,14-17,19,21,23,26,30-31H,4-6,9-13,18,20H2,1-3H3. The second kappa shape index (κ2) is 11.6. The molecule has 31 heavy (non-hydrogen) atoms. The van der Waals surface area contributed by atoms with Crippen molar-refractivity contribution < 1.29 is 10.2 Å². The van der Waals surface area contributed by atoms with Crippen LogP contribution < -0.4 is 0 Å². The lowest BCUT2D eigenvalue weighted by Crippen LogP contribution is -2.37. The van der Waals surface area contributed by atoms with Crippen molar-refractivity contribution in [1.82, 2.24) is 4.90 Å². The van der Waals surface area contributed by atoms with Crippen LogP contribution in [0.4, 0.5) is 0 Å². The number of hydrogen-bond acceptors (Lipinski definition) is 3. The number of phenolic OH excluding ortho intramolecular Hbond substituents is 2. The second-order valence-electron chi connectivity index (χ2n) is 9.42. The maximum atomic E-state index is 11.2. The van der Waals surface area contributed by atoms with Crippen molar-refractivity contribution in [3.05, 3.63) is 59.2 Å². The third kappa shape index (κ3) is 6.04. The molecule has 3 nitrogen and oxygen atoms in total. The highest BCUT2D eigenvalue weighted by molar-refractivity contribution is 5.48. The Kier molecular flexibility index (Phi) is 8.83. The van der Waals surface area contributed by atoms with Gasteiger partial charge in [0.25, 0.3) is 0 Å². The minimum absolute atomic E-state index is 0.0129. The molecule has 1 heterocycles. The van der Waals surface area contributed by atoms with Crippen LogP contribution in [0.5, 0.6) is 11.5 Å². The summed E-state index contributed by atoms with van der Waals surface area (Å²) in [6.07, 6.45) is 10.5. The van der Waals surface area contributed by atoms with Gasteiger partial charge in [0, 0.05) is 23.1 Å². The number of nitrogens with zero attached hydrogens (tertiary/aromatic N) is 1. The van der Waals surface area contributed by atoms with Gasteiger partial charge in [-0.05, 0) is 69.3 Å². The molecule has 1 aliphatic heterocycles. The van der Waals surface area contributed by atoms with Crippen LogP contribution in [0.3, 0.4) is 0 Å². The average Bonchev–Trinajstić information content (AvgIpc) is 2.77. The molecule has 0 spiro atoms. The van der Waals surface area contributed by atoms with E-state index in [-0.39, 0.29) is 5.92 Å². The lowest BCUT2D eigenvalue weighted by atomic mass is 9.81. The molecule has 0 aliphatic carbocycles. The summed E-state index contributed by atoms with van der Waals surface area (Å²) >= 11 is 0.